The molecule has 0 aliphatic carbocycles. The maximum atomic E-state index is 13.0. The molecule has 2 aromatic rings. The summed E-state index contributed by atoms with van der Waals surface area (Å²) < 4.78 is 0.876. The molecule has 0 radical (unpaired) electrons. The summed E-state index contributed by atoms with van der Waals surface area (Å²) in [7, 11) is 0. The Hall–Kier alpha value is -1.65. The van der Waals surface area contributed by atoms with E-state index in [1.807, 2.05) is 6.07 Å². The second kappa shape index (κ2) is 10.0. The number of benzene rings is 2. The van der Waals surface area contributed by atoms with E-state index in [0.717, 1.165) is 40.9 Å². The number of likely N-dealkylation sites (tertiary alicyclic amines) is 1. The summed E-state index contributed by atoms with van der Waals surface area (Å²) in [5.74, 6) is 0.139. The van der Waals surface area contributed by atoms with Crippen LogP contribution in [0.3, 0.4) is 0 Å². The Morgan fingerprint density at radius 1 is 0.889 bits per heavy atom. The molecule has 0 aromatic heterocycles. The molecule has 0 atom stereocenters. The van der Waals surface area contributed by atoms with Gasteiger partial charge in [0.25, 0.3) is 5.91 Å². The summed E-state index contributed by atoms with van der Waals surface area (Å²) in [4.78, 5) is 13.0. The second-order valence-corrected chi connectivity index (χ2v) is 7.82. The fourth-order valence-electron chi connectivity index (χ4n) is 4.20. The molecular formula is C23H31BrN2O. The maximum absolute atomic E-state index is 13.0. The van der Waals surface area contributed by atoms with Crippen molar-refractivity contribution in [2.75, 3.05) is 25.0 Å². The van der Waals surface area contributed by atoms with E-state index in [0.29, 0.717) is 6.54 Å². The van der Waals surface area contributed by atoms with Crippen LogP contribution in [0.1, 0.15) is 42.4 Å². The van der Waals surface area contributed by atoms with E-state index in [1.165, 1.54) is 31.2 Å². The molecule has 2 aromatic carbocycles. The molecule has 146 valence electrons. The average Bonchev–Trinajstić information content (AvgIpc) is 2.85. The highest BCUT2D eigenvalue weighted by molar-refractivity contribution is 5.93. The first-order valence-corrected chi connectivity index (χ1v) is 9.83. The lowest BCUT2D eigenvalue weighted by molar-refractivity contribution is -0.932. The van der Waals surface area contributed by atoms with Crippen LogP contribution in [0.5, 0.6) is 0 Å². The van der Waals surface area contributed by atoms with E-state index in [4.69, 9.17) is 0 Å². The van der Waals surface area contributed by atoms with Crippen LogP contribution in [0, 0.1) is 13.8 Å². The Balaban J connectivity index is 0.00000261. The van der Waals surface area contributed by atoms with Crippen LogP contribution >= 0.6 is 0 Å². The van der Waals surface area contributed by atoms with Crippen LogP contribution in [-0.2, 0) is 11.3 Å². The van der Waals surface area contributed by atoms with E-state index in [2.05, 4.69) is 61.6 Å². The Labute approximate surface area is 174 Å². The van der Waals surface area contributed by atoms with E-state index in [-0.39, 0.29) is 22.9 Å². The van der Waals surface area contributed by atoms with Crippen LogP contribution in [-0.4, -0.2) is 30.0 Å². The van der Waals surface area contributed by atoms with Crippen LogP contribution < -0.4 is 22.3 Å². The molecule has 1 fully saturated rings. The van der Waals surface area contributed by atoms with Gasteiger partial charge in [0, 0.05) is 11.3 Å². The summed E-state index contributed by atoms with van der Waals surface area (Å²) in [6.45, 7) is 7.81. The Morgan fingerprint density at radius 3 is 2.07 bits per heavy atom. The van der Waals surface area contributed by atoms with Gasteiger partial charge in [0.2, 0.25) is 0 Å². The highest BCUT2D eigenvalue weighted by atomic mass is 79.9. The first-order valence-electron chi connectivity index (χ1n) is 9.83. The molecule has 3 rings (SSSR count). The smallest absolute Gasteiger partial charge is 0.279 e. The van der Waals surface area contributed by atoms with Crippen molar-refractivity contribution in [3.63, 3.8) is 0 Å². The number of halogens is 1. The second-order valence-electron chi connectivity index (χ2n) is 7.82. The molecule has 27 heavy (non-hydrogen) atoms. The van der Waals surface area contributed by atoms with E-state index in [9.17, 15) is 4.79 Å². The number of nitrogens with one attached hydrogen (secondary N) is 1. The number of nitrogens with zero attached hydrogens (tertiary/aromatic N) is 1. The predicted octanol–water partition coefficient (Wildman–Crippen LogP) is 1.84. The number of anilines is 1. The third-order valence-corrected chi connectivity index (χ3v) is 5.60. The minimum Gasteiger partial charge on any atom is -1.00 e. The number of rotatable bonds is 5. The van der Waals surface area contributed by atoms with Gasteiger partial charge in [-0.25, -0.2) is 0 Å². The van der Waals surface area contributed by atoms with Crippen LogP contribution in [0.2, 0.25) is 0 Å². The summed E-state index contributed by atoms with van der Waals surface area (Å²) in [5.41, 5.74) is 4.56. The van der Waals surface area contributed by atoms with E-state index in [1.54, 1.807) is 0 Å². The van der Waals surface area contributed by atoms with E-state index < -0.39 is 0 Å². The number of carbonyl (C=O) groups excluding carboxylic acids is 1. The standard InChI is InChI=1S/C23H30N2O.BrH/c1-19-11-10-12-20(2)23(19)24-22(26)18-25(15-8-3-4-9-16-25)17-21-13-6-5-7-14-21;/h5-7,10-14H,3-4,8-9,15-18H2,1-2H3;1H. The highest BCUT2D eigenvalue weighted by Crippen LogP contribution is 2.24. The van der Waals surface area contributed by atoms with Crippen LogP contribution in [0.15, 0.2) is 48.5 Å². The Morgan fingerprint density at radius 2 is 1.48 bits per heavy atom. The lowest BCUT2D eigenvalue weighted by Crippen LogP contribution is -3.00. The zero-order valence-electron chi connectivity index (χ0n) is 16.5. The van der Waals surface area contributed by atoms with Gasteiger partial charge in [-0.05, 0) is 50.7 Å². The number of aryl methyl sites for hydroxylation is 2. The van der Waals surface area contributed by atoms with Gasteiger partial charge >= 0.3 is 0 Å². The van der Waals surface area contributed by atoms with Crippen LogP contribution in [0.25, 0.3) is 0 Å². The lowest BCUT2D eigenvalue weighted by atomic mass is 10.1. The topological polar surface area (TPSA) is 29.1 Å². The molecule has 1 aliphatic heterocycles. The van der Waals surface area contributed by atoms with Gasteiger partial charge in [0.05, 0.1) is 13.1 Å². The molecule has 1 saturated heterocycles. The minimum absolute atomic E-state index is 0. The molecule has 4 heteroatoms. The minimum atomic E-state index is 0. The molecule has 0 bridgehead atoms. The summed E-state index contributed by atoms with van der Waals surface area (Å²) >= 11 is 0. The normalized spacial score (nSPS) is 16.1. The van der Waals surface area contributed by atoms with Gasteiger partial charge in [-0.1, -0.05) is 48.5 Å². The van der Waals surface area contributed by atoms with Crippen molar-refractivity contribution in [3.8, 4) is 0 Å². The van der Waals surface area contributed by atoms with Crippen molar-refractivity contribution in [2.24, 2.45) is 0 Å². The maximum Gasteiger partial charge on any atom is 0.279 e. The van der Waals surface area contributed by atoms with Gasteiger partial charge in [0.15, 0.2) is 6.54 Å². The highest BCUT2D eigenvalue weighted by Gasteiger charge is 2.32. The van der Waals surface area contributed by atoms with Crippen molar-refractivity contribution in [1.82, 2.24) is 0 Å². The Kier molecular flexibility index (Phi) is 8.06. The van der Waals surface area contributed by atoms with Crippen molar-refractivity contribution in [1.29, 1.82) is 0 Å². The molecule has 0 saturated carbocycles. The molecule has 1 N–H and O–H groups in total. The molecule has 1 amide bonds. The predicted molar refractivity (Wildman–Crippen MR) is 108 cm³/mol. The van der Waals surface area contributed by atoms with Gasteiger partial charge in [-0.3, -0.25) is 4.79 Å². The third kappa shape index (κ3) is 5.91. The van der Waals surface area contributed by atoms with Gasteiger partial charge < -0.3 is 26.8 Å². The quantitative estimate of drug-likeness (QED) is 0.720. The van der Waals surface area contributed by atoms with E-state index >= 15 is 0 Å². The largest absolute Gasteiger partial charge is 1.00 e. The van der Waals surface area contributed by atoms with Gasteiger partial charge in [-0.15, -0.1) is 0 Å². The van der Waals surface area contributed by atoms with Gasteiger partial charge in [-0.2, -0.15) is 0 Å². The first-order chi connectivity index (χ1) is 12.6. The summed E-state index contributed by atoms with van der Waals surface area (Å²) in [6.07, 6.45) is 4.99. The zero-order valence-corrected chi connectivity index (χ0v) is 18.1. The third-order valence-electron chi connectivity index (χ3n) is 5.60. The van der Waals surface area contributed by atoms with Crippen molar-refractivity contribution >= 4 is 11.6 Å². The Bertz CT molecular complexity index is 717. The average molecular weight is 431 g/mol. The lowest BCUT2D eigenvalue weighted by Gasteiger charge is -2.37. The van der Waals surface area contributed by atoms with Gasteiger partial charge in [0.1, 0.15) is 6.54 Å². The van der Waals surface area contributed by atoms with Crippen LogP contribution in [0.4, 0.5) is 5.69 Å². The number of amides is 1. The molecule has 1 heterocycles. The van der Waals surface area contributed by atoms with Crippen molar-refractivity contribution in [2.45, 2.75) is 46.1 Å². The molecule has 0 unspecified atom stereocenters. The number of carbonyl (C=O) groups is 1. The zero-order chi connectivity index (χ0) is 18.4. The first kappa shape index (κ1) is 21.6. The fraction of sp³-hybridized carbons (Fsp3) is 0.435. The molecular weight excluding hydrogens is 400 g/mol. The van der Waals surface area contributed by atoms with Crippen molar-refractivity contribution in [3.05, 3.63) is 65.2 Å². The SMILES string of the molecule is Cc1cccc(C)c1NC(=O)C[N+]1(Cc2ccccc2)CCCCCC1.[Br-]. The fourth-order valence-corrected chi connectivity index (χ4v) is 4.20. The summed E-state index contributed by atoms with van der Waals surface area (Å²) in [6, 6.07) is 16.8. The molecule has 3 nitrogen and oxygen atoms in total. The monoisotopic (exact) mass is 430 g/mol. The number of quaternary nitrogens is 1. The summed E-state index contributed by atoms with van der Waals surface area (Å²) in [5, 5.41) is 3.20. The molecule has 0 spiro atoms. The molecule has 1 aliphatic rings. The number of hydrogen-bond acceptors (Lipinski definition) is 1. The number of hydrogen-bond donors (Lipinski definition) is 1. The number of para-hydroxylation sites is 1. The van der Waals surface area contributed by atoms with Crippen molar-refractivity contribution < 1.29 is 26.3 Å².